The Morgan fingerprint density at radius 3 is 2.53 bits per heavy atom. The van der Waals surface area contributed by atoms with E-state index in [9.17, 15) is 10.2 Å². The van der Waals surface area contributed by atoms with Crippen molar-refractivity contribution < 1.29 is 14.7 Å². The van der Waals surface area contributed by atoms with Gasteiger partial charge in [0.25, 0.3) is 5.89 Å². The van der Waals surface area contributed by atoms with E-state index in [-0.39, 0.29) is 0 Å². The third-order valence-corrected chi connectivity index (χ3v) is 3.19. The minimum Gasteiger partial charge on any atom is -0.389 e. The molecule has 0 unspecified atom stereocenters. The fourth-order valence-electron chi connectivity index (χ4n) is 2.19. The zero-order valence-electron chi connectivity index (χ0n) is 10.3. The number of hydrogen-bond acceptors (Lipinski definition) is 6. The van der Waals surface area contributed by atoms with E-state index in [0.717, 1.165) is 5.56 Å². The molecule has 1 fully saturated rings. The third-order valence-electron chi connectivity index (χ3n) is 3.19. The molecule has 1 aromatic heterocycles. The van der Waals surface area contributed by atoms with Crippen molar-refractivity contribution in [3.63, 3.8) is 0 Å². The molecular weight excluding hydrogens is 246 g/mol. The summed E-state index contributed by atoms with van der Waals surface area (Å²) in [6, 6.07) is 9.55. The second-order valence-corrected chi connectivity index (χ2v) is 4.71. The van der Waals surface area contributed by atoms with Crippen molar-refractivity contribution >= 4 is 0 Å². The summed E-state index contributed by atoms with van der Waals surface area (Å²) in [6.45, 7) is 1.32. The van der Waals surface area contributed by atoms with E-state index in [1.807, 2.05) is 35.2 Å². The van der Waals surface area contributed by atoms with Crippen molar-refractivity contribution in [3.05, 3.63) is 36.2 Å². The molecule has 19 heavy (non-hydrogen) atoms. The Hall–Kier alpha value is -1.76. The number of rotatable bonds is 3. The van der Waals surface area contributed by atoms with Gasteiger partial charge in [-0.3, -0.25) is 4.90 Å². The molecule has 6 heteroatoms. The van der Waals surface area contributed by atoms with Gasteiger partial charge < -0.3 is 14.7 Å². The Labute approximate surface area is 110 Å². The van der Waals surface area contributed by atoms with E-state index >= 15 is 0 Å². The Kier molecular flexibility index (Phi) is 3.29. The van der Waals surface area contributed by atoms with Crippen LogP contribution in [0.4, 0.5) is 0 Å². The van der Waals surface area contributed by atoms with Gasteiger partial charge in [-0.05, 0) is 12.1 Å². The zero-order valence-corrected chi connectivity index (χ0v) is 10.3. The molecule has 2 heterocycles. The summed E-state index contributed by atoms with van der Waals surface area (Å²) in [5, 5.41) is 22.9. The normalized spacial score (nSPS) is 23.9. The molecule has 6 nitrogen and oxygen atoms in total. The number of aliphatic hydroxyl groups excluding tert-OH is 2. The number of aromatic nitrogens is 2. The van der Waals surface area contributed by atoms with Crippen molar-refractivity contribution in [2.75, 3.05) is 13.1 Å². The average molecular weight is 261 g/mol. The first-order valence-corrected chi connectivity index (χ1v) is 6.19. The molecule has 100 valence electrons. The third kappa shape index (κ3) is 2.65. The predicted molar refractivity (Wildman–Crippen MR) is 67.0 cm³/mol. The first-order chi connectivity index (χ1) is 9.22. The summed E-state index contributed by atoms with van der Waals surface area (Å²) >= 11 is 0. The quantitative estimate of drug-likeness (QED) is 0.825. The highest BCUT2D eigenvalue weighted by atomic mass is 16.5. The molecule has 2 atom stereocenters. The van der Waals surface area contributed by atoms with Crippen LogP contribution in [0, 0.1) is 0 Å². The minimum atomic E-state index is -0.694. The summed E-state index contributed by atoms with van der Waals surface area (Å²) in [5.74, 6) is 1.04. The zero-order chi connectivity index (χ0) is 13.2. The van der Waals surface area contributed by atoms with Gasteiger partial charge >= 0.3 is 0 Å². The van der Waals surface area contributed by atoms with E-state index in [2.05, 4.69) is 10.1 Å². The molecular formula is C13H15N3O3. The van der Waals surface area contributed by atoms with E-state index in [0.29, 0.717) is 31.3 Å². The number of likely N-dealkylation sites (tertiary alicyclic amines) is 1. The van der Waals surface area contributed by atoms with Gasteiger partial charge in [-0.25, -0.2) is 0 Å². The highest BCUT2D eigenvalue weighted by Gasteiger charge is 2.30. The predicted octanol–water partition coefficient (Wildman–Crippen LogP) is 0.274. The molecule has 1 aliphatic rings. The van der Waals surface area contributed by atoms with Crippen LogP contribution in [0.2, 0.25) is 0 Å². The molecule has 0 spiro atoms. The number of hydrogen-bond donors (Lipinski definition) is 2. The van der Waals surface area contributed by atoms with Gasteiger partial charge in [0.15, 0.2) is 5.82 Å². The van der Waals surface area contributed by atoms with E-state index < -0.39 is 12.2 Å². The summed E-state index contributed by atoms with van der Waals surface area (Å²) < 4.78 is 5.20. The molecule has 1 aromatic carbocycles. The highest BCUT2D eigenvalue weighted by Crippen LogP contribution is 2.18. The van der Waals surface area contributed by atoms with Crippen LogP contribution in [-0.4, -0.2) is 50.6 Å². The Morgan fingerprint density at radius 2 is 1.84 bits per heavy atom. The lowest BCUT2D eigenvalue weighted by molar-refractivity contribution is 0.0572. The van der Waals surface area contributed by atoms with Crippen LogP contribution in [0.1, 0.15) is 5.82 Å². The molecule has 0 bridgehead atoms. The van der Waals surface area contributed by atoms with Gasteiger partial charge in [0.2, 0.25) is 0 Å². The largest absolute Gasteiger partial charge is 0.389 e. The summed E-state index contributed by atoms with van der Waals surface area (Å²) in [5.41, 5.74) is 0.878. The van der Waals surface area contributed by atoms with Crippen LogP contribution in [0.3, 0.4) is 0 Å². The Bertz CT molecular complexity index is 533. The van der Waals surface area contributed by atoms with Gasteiger partial charge in [0.05, 0.1) is 18.8 Å². The van der Waals surface area contributed by atoms with Crippen molar-refractivity contribution in [1.29, 1.82) is 0 Å². The highest BCUT2D eigenvalue weighted by molar-refractivity contribution is 5.51. The van der Waals surface area contributed by atoms with E-state index in [4.69, 9.17) is 4.52 Å². The summed E-state index contributed by atoms with van der Waals surface area (Å²) in [4.78, 5) is 6.21. The molecule has 0 aliphatic carbocycles. The maximum absolute atomic E-state index is 9.47. The van der Waals surface area contributed by atoms with Crippen LogP contribution in [0.5, 0.6) is 0 Å². The molecule has 3 rings (SSSR count). The summed E-state index contributed by atoms with van der Waals surface area (Å²) in [6.07, 6.45) is -1.39. The Morgan fingerprint density at radius 1 is 1.16 bits per heavy atom. The number of aliphatic hydroxyl groups is 2. The topological polar surface area (TPSA) is 82.6 Å². The second kappa shape index (κ2) is 5.08. The smallest absolute Gasteiger partial charge is 0.257 e. The van der Waals surface area contributed by atoms with Gasteiger partial charge in [0.1, 0.15) is 0 Å². The van der Waals surface area contributed by atoms with E-state index in [1.165, 1.54) is 0 Å². The van der Waals surface area contributed by atoms with Crippen molar-refractivity contribution in [2.24, 2.45) is 0 Å². The van der Waals surface area contributed by atoms with Crippen LogP contribution >= 0.6 is 0 Å². The van der Waals surface area contributed by atoms with Crippen LogP contribution in [0.25, 0.3) is 11.5 Å². The average Bonchev–Trinajstić information content (AvgIpc) is 2.99. The van der Waals surface area contributed by atoms with Crippen LogP contribution < -0.4 is 0 Å². The van der Waals surface area contributed by atoms with Gasteiger partial charge in [-0.1, -0.05) is 23.4 Å². The van der Waals surface area contributed by atoms with E-state index in [1.54, 1.807) is 0 Å². The van der Waals surface area contributed by atoms with Crippen molar-refractivity contribution in [1.82, 2.24) is 15.0 Å². The fourth-order valence-corrected chi connectivity index (χ4v) is 2.19. The number of β-amino-alcohol motifs (C(OH)–C–C–N with tert-alkyl or cyclic N) is 2. The second-order valence-electron chi connectivity index (χ2n) is 4.71. The monoisotopic (exact) mass is 261 g/mol. The lowest BCUT2D eigenvalue weighted by Gasteiger charge is -2.10. The van der Waals surface area contributed by atoms with Crippen LogP contribution in [-0.2, 0) is 6.54 Å². The van der Waals surface area contributed by atoms with Crippen molar-refractivity contribution in [3.8, 4) is 11.5 Å². The number of benzene rings is 1. The molecule has 0 amide bonds. The maximum atomic E-state index is 9.47. The lowest BCUT2D eigenvalue weighted by Crippen LogP contribution is -2.22. The first kappa shape index (κ1) is 12.3. The molecule has 1 aliphatic heterocycles. The molecule has 2 N–H and O–H groups in total. The minimum absolute atomic E-state index is 0.427. The standard InChI is InChI=1S/C13H15N3O3/c17-10-6-16(7-11(10)18)8-12-14-13(19-15-12)9-4-2-1-3-5-9/h1-5,10-11,17-18H,6-8H2/t10-,11+. The maximum Gasteiger partial charge on any atom is 0.257 e. The molecule has 1 saturated heterocycles. The van der Waals surface area contributed by atoms with Crippen molar-refractivity contribution in [2.45, 2.75) is 18.8 Å². The van der Waals surface area contributed by atoms with Gasteiger partial charge in [-0.15, -0.1) is 0 Å². The fraction of sp³-hybridized carbons (Fsp3) is 0.385. The molecule has 0 radical (unpaired) electrons. The van der Waals surface area contributed by atoms with Gasteiger partial charge in [0, 0.05) is 18.7 Å². The van der Waals surface area contributed by atoms with Gasteiger partial charge in [-0.2, -0.15) is 4.98 Å². The molecule has 0 saturated carbocycles. The van der Waals surface area contributed by atoms with Crippen LogP contribution in [0.15, 0.2) is 34.9 Å². The summed E-state index contributed by atoms with van der Waals surface area (Å²) in [7, 11) is 0. The lowest BCUT2D eigenvalue weighted by atomic mass is 10.2. The first-order valence-electron chi connectivity index (χ1n) is 6.19. The molecule has 2 aromatic rings. The number of nitrogens with zero attached hydrogens (tertiary/aromatic N) is 3. The Balaban J connectivity index is 1.69. The SMILES string of the molecule is O[C@@H]1CN(Cc2noc(-c3ccccc3)n2)C[C@@H]1O.